The number of Topliss-reactive ketones (excluding diaryl/α,β-unsaturated/α-hetero) is 2. The van der Waals surface area contributed by atoms with Gasteiger partial charge in [-0.3, -0.25) is 14.4 Å². The largest absolute Gasteiger partial charge is 0.462 e. The number of fused-ring (bicyclic) bond motifs is 1. The van der Waals surface area contributed by atoms with Crippen LogP contribution in [0.4, 0.5) is 0 Å². The van der Waals surface area contributed by atoms with Crippen molar-refractivity contribution in [2.45, 2.75) is 54.4 Å². The predicted molar refractivity (Wildman–Crippen MR) is 114 cm³/mol. The third-order valence-electron chi connectivity index (χ3n) is 6.90. The summed E-state index contributed by atoms with van der Waals surface area (Å²) in [4.78, 5) is 49.3. The maximum atomic E-state index is 13.0. The molecule has 0 radical (unpaired) electrons. The normalized spacial score (nSPS) is 24.3. The Morgan fingerprint density at radius 3 is 1.83 bits per heavy atom. The van der Waals surface area contributed by atoms with E-state index in [2.05, 4.69) is 18.5 Å². The number of esters is 1. The zero-order valence-electron chi connectivity index (χ0n) is 18.8. The van der Waals surface area contributed by atoms with Gasteiger partial charge in [0, 0.05) is 35.8 Å². The highest BCUT2D eigenvalue weighted by Crippen LogP contribution is 2.74. The van der Waals surface area contributed by atoms with Crippen molar-refractivity contribution in [3.8, 4) is 0 Å². The molecule has 2 rings (SSSR count). The quantitative estimate of drug-likeness (QED) is 0.337. The lowest BCUT2D eigenvalue weighted by molar-refractivity contribution is -0.144. The van der Waals surface area contributed by atoms with Crippen LogP contribution in [0.15, 0.2) is 46.6 Å². The molecule has 1 N–H and O–H groups in total. The van der Waals surface area contributed by atoms with Crippen LogP contribution in [0.3, 0.4) is 0 Å². The lowest BCUT2D eigenvalue weighted by atomic mass is 9.35. The van der Waals surface area contributed by atoms with E-state index in [0.717, 1.165) is 11.1 Å². The van der Waals surface area contributed by atoms with Crippen molar-refractivity contribution in [3.05, 3.63) is 46.6 Å². The maximum absolute atomic E-state index is 13.0. The number of carbonyl (C=O) groups excluding carboxylic acids is 4. The summed E-state index contributed by atoms with van der Waals surface area (Å²) >= 11 is 0. The molecule has 6 heteroatoms. The molecule has 1 amide bonds. The third kappa shape index (κ3) is 3.38. The lowest BCUT2D eigenvalue weighted by Gasteiger charge is -2.66. The Balaban J connectivity index is 2.20. The van der Waals surface area contributed by atoms with Crippen LogP contribution >= 0.6 is 0 Å². The molecule has 0 aliphatic heterocycles. The summed E-state index contributed by atoms with van der Waals surface area (Å²) in [5, 5.41) is 2.75. The molecule has 2 atom stereocenters. The van der Waals surface area contributed by atoms with Gasteiger partial charge >= 0.3 is 5.97 Å². The smallest absolute Gasteiger partial charge is 0.335 e. The van der Waals surface area contributed by atoms with E-state index in [0.29, 0.717) is 22.3 Å². The van der Waals surface area contributed by atoms with Crippen molar-refractivity contribution in [2.75, 3.05) is 13.2 Å². The van der Waals surface area contributed by atoms with Crippen LogP contribution in [-0.2, 0) is 23.9 Å². The van der Waals surface area contributed by atoms with Crippen molar-refractivity contribution < 1.29 is 23.9 Å². The van der Waals surface area contributed by atoms with E-state index in [1.54, 1.807) is 13.8 Å². The number of ketones is 2. The van der Waals surface area contributed by atoms with Gasteiger partial charge in [0.05, 0.1) is 12.2 Å². The van der Waals surface area contributed by atoms with E-state index in [9.17, 15) is 19.2 Å². The number of amides is 1. The minimum atomic E-state index is -0.584. The highest BCUT2D eigenvalue weighted by Gasteiger charge is 2.71. The fourth-order valence-corrected chi connectivity index (χ4v) is 4.51. The second kappa shape index (κ2) is 8.17. The summed E-state index contributed by atoms with van der Waals surface area (Å²) in [6, 6.07) is 0. The molecule has 162 valence electrons. The van der Waals surface area contributed by atoms with Crippen LogP contribution in [0, 0.1) is 10.8 Å². The molecule has 2 aliphatic rings. The molecule has 0 aromatic heterocycles. The van der Waals surface area contributed by atoms with Crippen molar-refractivity contribution in [1.29, 1.82) is 0 Å². The highest BCUT2D eigenvalue weighted by atomic mass is 16.5. The average Bonchev–Trinajstić information content (AvgIpc) is 2.68. The van der Waals surface area contributed by atoms with E-state index < -0.39 is 16.8 Å². The Hall–Kier alpha value is -2.76. The minimum absolute atomic E-state index is 0.0563. The number of hydrogen-bond acceptors (Lipinski definition) is 5. The second-order valence-corrected chi connectivity index (χ2v) is 8.55. The number of carbonyl (C=O) groups is 4. The Morgan fingerprint density at radius 1 is 0.867 bits per heavy atom. The molecule has 30 heavy (non-hydrogen) atoms. The molecule has 0 aromatic carbocycles. The average molecular weight is 414 g/mol. The molecule has 6 nitrogen and oxygen atoms in total. The van der Waals surface area contributed by atoms with E-state index >= 15 is 0 Å². The molecular formula is C24H31NO5. The van der Waals surface area contributed by atoms with Gasteiger partial charge in [-0.05, 0) is 38.8 Å². The van der Waals surface area contributed by atoms with Crippen molar-refractivity contribution in [2.24, 2.45) is 10.8 Å². The van der Waals surface area contributed by atoms with Crippen molar-refractivity contribution in [1.82, 2.24) is 5.32 Å². The highest BCUT2D eigenvalue weighted by molar-refractivity contribution is 6.11. The molecule has 0 aromatic rings. The zero-order chi connectivity index (χ0) is 23.0. The van der Waals surface area contributed by atoms with Crippen LogP contribution in [0.5, 0.6) is 0 Å². The fourth-order valence-electron chi connectivity index (χ4n) is 4.51. The van der Waals surface area contributed by atoms with Crippen LogP contribution in [-0.4, -0.2) is 36.6 Å². The monoisotopic (exact) mass is 413 g/mol. The van der Waals surface area contributed by atoms with E-state index in [1.165, 1.54) is 0 Å². The van der Waals surface area contributed by atoms with Gasteiger partial charge in [-0.25, -0.2) is 4.79 Å². The van der Waals surface area contributed by atoms with Gasteiger partial charge in [-0.2, -0.15) is 0 Å². The van der Waals surface area contributed by atoms with Gasteiger partial charge in [-0.1, -0.05) is 38.2 Å². The van der Waals surface area contributed by atoms with Crippen molar-refractivity contribution >= 4 is 23.4 Å². The molecule has 0 heterocycles. The van der Waals surface area contributed by atoms with E-state index in [-0.39, 0.29) is 43.5 Å². The lowest BCUT2D eigenvalue weighted by Crippen LogP contribution is -2.63. The standard InChI is InChI=1S/C24H31NO5/c1-13(2)17(26)9-11-25-21(28)19-20(22(29)30-12-10-18(27)14(3)4)24(8)16(6)15(5)23(19,24)7/h1,3,9-12H2,2,4-8H3,(H,25,28). The first kappa shape index (κ1) is 23.5. The van der Waals surface area contributed by atoms with Gasteiger partial charge in [0.1, 0.15) is 0 Å². The minimum Gasteiger partial charge on any atom is -0.462 e. The van der Waals surface area contributed by atoms with Crippen LogP contribution in [0.2, 0.25) is 0 Å². The van der Waals surface area contributed by atoms with Crippen LogP contribution in [0.25, 0.3) is 0 Å². The van der Waals surface area contributed by atoms with Crippen molar-refractivity contribution in [3.63, 3.8) is 0 Å². The van der Waals surface area contributed by atoms with Gasteiger partial charge in [0.25, 0.3) is 0 Å². The first-order valence-corrected chi connectivity index (χ1v) is 10.1. The van der Waals surface area contributed by atoms with E-state index in [1.807, 2.05) is 27.7 Å². The maximum Gasteiger partial charge on any atom is 0.335 e. The Kier molecular flexibility index (Phi) is 6.40. The first-order chi connectivity index (χ1) is 13.8. The summed E-state index contributed by atoms with van der Waals surface area (Å²) in [7, 11) is 0. The molecule has 0 fully saturated rings. The summed E-state index contributed by atoms with van der Waals surface area (Å²) in [6.45, 7) is 18.3. The predicted octanol–water partition coefficient (Wildman–Crippen LogP) is 3.39. The van der Waals surface area contributed by atoms with Crippen LogP contribution < -0.4 is 5.32 Å². The molecule has 0 bridgehead atoms. The summed E-state index contributed by atoms with van der Waals surface area (Å²) in [5.41, 5.74) is 2.53. The zero-order valence-corrected chi connectivity index (χ0v) is 18.8. The Morgan fingerprint density at radius 2 is 1.33 bits per heavy atom. The molecule has 0 saturated heterocycles. The Bertz CT molecular complexity index is 861. The number of rotatable bonds is 10. The van der Waals surface area contributed by atoms with Gasteiger partial charge < -0.3 is 10.1 Å². The van der Waals surface area contributed by atoms with Gasteiger partial charge in [0.15, 0.2) is 11.6 Å². The number of nitrogens with one attached hydrogen (secondary N) is 1. The third-order valence-corrected chi connectivity index (χ3v) is 6.90. The molecule has 0 saturated carbocycles. The molecular weight excluding hydrogens is 382 g/mol. The van der Waals surface area contributed by atoms with E-state index in [4.69, 9.17) is 4.74 Å². The summed E-state index contributed by atoms with van der Waals surface area (Å²) < 4.78 is 5.34. The SMILES string of the molecule is C=C(C)C(=O)CCNC(=O)C1=C(C(=O)OCCC(=O)C(=C)C)C2(C)C(C)=C(C)C12C. The topological polar surface area (TPSA) is 89.5 Å². The summed E-state index contributed by atoms with van der Waals surface area (Å²) in [5.74, 6) is -1.25. The number of ether oxygens (including phenoxy) is 1. The molecule has 2 aliphatic carbocycles. The van der Waals surface area contributed by atoms with Gasteiger partial charge in [0.2, 0.25) is 5.91 Å². The summed E-state index contributed by atoms with van der Waals surface area (Å²) in [6.07, 6.45) is 0.208. The van der Waals surface area contributed by atoms with Crippen LogP contribution in [0.1, 0.15) is 54.4 Å². The number of hydrogen-bond donors (Lipinski definition) is 1. The Labute approximate surface area is 178 Å². The fraction of sp³-hybridized carbons (Fsp3) is 0.500. The molecule has 0 spiro atoms. The number of allylic oxidation sites excluding steroid dienone is 4. The molecule has 2 unspecified atom stereocenters. The second-order valence-electron chi connectivity index (χ2n) is 8.55. The first-order valence-electron chi connectivity index (χ1n) is 10.1. The van der Waals surface area contributed by atoms with Gasteiger partial charge in [-0.15, -0.1) is 0 Å².